The zero-order valence-corrected chi connectivity index (χ0v) is 8.43. The summed E-state index contributed by atoms with van der Waals surface area (Å²) in [5, 5.41) is 20.4. The van der Waals surface area contributed by atoms with Gasteiger partial charge < -0.3 is 15.2 Å². The fourth-order valence-electron chi connectivity index (χ4n) is 1.60. The van der Waals surface area contributed by atoms with Crippen molar-refractivity contribution in [1.29, 1.82) is 5.26 Å². The summed E-state index contributed by atoms with van der Waals surface area (Å²) in [4.78, 5) is 10.5. The van der Waals surface area contributed by atoms with Crippen molar-refractivity contribution < 1.29 is 14.6 Å². The van der Waals surface area contributed by atoms with Gasteiger partial charge in [-0.25, -0.2) is 0 Å². The lowest BCUT2D eigenvalue weighted by Gasteiger charge is -2.26. The van der Waals surface area contributed by atoms with Gasteiger partial charge in [-0.3, -0.25) is 4.79 Å². The van der Waals surface area contributed by atoms with Crippen LogP contribution in [0.3, 0.4) is 0 Å². The number of aliphatic carboxylic acids is 1. The number of nitrogens with zero attached hydrogens (tertiary/aromatic N) is 1. The van der Waals surface area contributed by atoms with Crippen LogP contribution in [0, 0.1) is 11.3 Å². The molecule has 1 aliphatic heterocycles. The molecule has 1 unspecified atom stereocenters. The molecule has 0 aliphatic carbocycles. The summed E-state index contributed by atoms with van der Waals surface area (Å²) in [6, 6.07) is 6.82. The molecule has 1 aliphatic rings. The topological polar surface area (TPSA) is 82.3 Å². The van der Waals surface area contributed by atoms with E-state index in [1.807, 2.05) is 6.07 Å². The van der Waals surface area contributed by atoms with Crippen molar-refractivity contribution in [2.75, 3.05) is 11.9 Å². The summed E-state index contributed by atoms with van der Waals surface area (Å²) in [5.41, 5.74) is 1.26. The molecule has 0 saturated carbocycles. The van der Waals surface area contributed by atoms with E-state index < -0.39 is 5.97 Å². The highest BCUT2D eigenvalue weighted by molar-refractivity contribution is 5.69. The molecule has 2 N–H and O–H groups in total. The molecule has 5 heteroatoms. The SMILES string of the molecule is N#Cc1ccc2c(c1)OCC(CC(=O)O)N2. The summed E-state index contributed by atoms with van der Waals surface area (Å²) >= 11 is 0. The van der Waals surface area contributed by atoms with Crippen molar-refractivity contribution in [3.8, 4) is 11.8 Å². The van der Waals surface area contributed by atoms with E-state index in [0.717, 1.165) is 5.69 Å². The van der Waals surface area contributed by atoms with E-state index in [9.17, 15) is 4.79 Å². The monoisotopic (exact) mass is 218 g/mol. The van der Waals surface area contributed by atoms with Crippen LogP contribution in [-0.2, 0) is 4.79 Å². The van der Waals surface area contributed by atoms with E-state index in [0.29, 0.717) is 17.9 Å². The number of carboxylic acid groups (broad SMARTS) is 1. The quantitative estimate of drug-likeness (QED) is 0.779. The van der Waals surface area contributed by atoms with Crippen molar-refractivity contribution in [2.45, 2.75) is 12.5 Å². The standard InChI is InChI=1S/C11H10N2O3/c12-5-7-1-2-9-10(3-7)16-6-8(13-9)4-11(14)15/h1-3,8,13H,4,6H2,(H,14,15). The maximum atomic E-state index is 10.5. The minimum Gasteiger partial charge on any atom is -0.489 e. The van der Waals surface area contributed by atoms with Gasteiger partial charge in [0.1, 0.15) is 12.4 Å². The lowest BCUT2D eigenvalue weighted by atomic mass is 10.1. The molecule has 0 amide bonds. The molecule has 1 atom stereocenters. The molecule has 0 bridgehead atoms. The van der Waals surface area contributed by atoms with Gasteiger partial charge in [0, 0.05) is 6.07 Å². The third kappa shape index (κ3) is 2.06. The molecule has 2 rings (SSSR count). The number of nitrogens with one attached hydrogen (secondary N) is 1. The minimum atomic E-state index is -0.863. The largest absolute Gasteiger partial charge is 0.489 e. The van der Waals surface area contributed by atoms with Crippen LogP contribution in [0.2, 0.25) is 0 Å². The second-order valence-corrected chi connectivity index (χ2v) is 3.57. The molecule has 1 aromatic rings. The number of hydrogen-bond donors (Lipinski definition) is 2. The highest BCUT2D eigenvalue weighted by Crippen LogP contribution is 2.30. The first-order valence-corrected chi connectivity index (χ1v) is 4.84. The molecule has 1 aromatic carbocycles. The maximum Gasteiger partial charge on any atom is 0.305 e. The van der Waals surface area contributed by atoms with Crippen LogP contribution in [0.5, 0.6) is 5.75 Å². The second-order valence-electron chi connectivity index (χ2n) is 3.57. The van der Waals surface area contributed by atoms with E-state index >= 15 is 0 Å². The van der Waals surface area contributed by atoms with Crippen molar-refractivity contribution in [2.24, 2.45) is 0 Å². The van der Waals surface area contributed by atoms with Crippen molar-refractivity contribution >= 4 is 11.7 Å². The van der Waals surface area contributed by atoms with Gasteiger partial charge in [-0.15, -0.1) is 0 Å². The maximum absolute atomic E-state index is 10.5. The van der Waals surface area contributed by atoms with Gasteiger partial charge in [0.25, 0.3) is 0 Å². The highest BCUT2D eigenvalue weighted by atomic mass is 16.5. The van der Waals surface area contributed by atoms with E-state index in [-0.39, 0.29) is 12.5 Å². The summed E-state index contributed by atoms with van der Waals surface area (Å²) in [6.45, 7) is 0.300. The van der Waals surface area contributed by atoms with Crippen LogP contribution in [0.4, 0.5) is 5.69 Å². The molecule has 5 nitrogen and oxygen atoms in total. The second kappa shape index (κ2) is 4.11. The fourth-order valence-corrected chi connectivity index (χ4v) is 1.60. The number of carboxylic acids is 1. The average molecular weight is 218 g/mol. The molecule has 0 aromatic heterocycles. The van der Waals surface area contributed by atoms with E-state index in [1.54, 1.807) is 18.2 Å². The molecular weight excluding hydrogens is 208 g/mol. The molecule has 0 radical (unpaired) electrons. The lowest BCUT2D eigenvalue weighted by Crippen LogP contribution is -2.33. The number of benzene rings is 1. The summed E-state index contributed by atoms with van der Waals surface area (Å²) < 4.78 is 5.40. The Morgan fingerprint density at radius 2 is 2.50 bits per heavy atom. The van der Waals surface area contributed by atoms with Gasteiger partial charge in [-0.2, -0.15) is 5.26 Å². The van der Waals surface area contributed by atoms with Crippen LogP contribution in [-0.4, -0.2) is 23.7 Å². The number of carbonyl (C=O) groups is 1. The third-order valence-corrected chi connectivity index (χ3v) is 2.33. The molecule has 82 valence electrons. The predicted molar refractivity (Wildman–Crippen MR) is 56.3 cm³/mol. The first-order chi connectivity index (χ1) is 7.69. The van der Waals surface area contributed by atoms with Gasteiger partial charge in [0.05, 0.1) is 29.8 Å². The zero-order valence-electron chi connectivity index (χ0n) is 8.43. The van der Waals surface area contributed by atoms with E-state index in [4.69, 9.17) is 15.1 Å². The van der Waals surface area contributed by atoms with Crippen LogP contribution in [0.25, 0.3) is 0 Å². The van der Waals surface area contributed by atoms with Crippen molar-refractivity contribution in [1.82, 2.24) is 0 Å². The van der Waals surface area contributed by atoms with E-state index in [1.165, 1.54) is 0 Å². The lowest BCUT2D eigenvalue weighted by molar-refractivity contribution is -0.137. The minimum absolute atomic E-state index is 0.0133. The van der Waals surface area contributed by atoms with Gasteiger partial charge in [-0.1, -0.05) is 0 Å². The number of fused-ring (bicyclic) bond motifs is 1. The summed E-state index contributed by atoms with van der Waals surface area (Å²) in [5.74, 6) is -0.265. The Morgan fingerprint density at radius 1 is 1.69 bits per heavy atom. The first kappa shape index (κ1) is 10.3. The Labute approximate surface area is 92.3 Å². The number of rotatable bonds is 2. The predicted octanol–water partition coefficient (Wildman–Crippen LogP) is 1.21. The Bertz CT molecular complexity index is 465. The molecular formula is C11H10N2O3. The Hall–Kier alpha value is -2.22. The molecule has 16 heavy (non-hydrogen) atoms. The van der Waals surface area contributed by atoms with E-state index in [2.05, 4.69) is 5.32 Å². The summed E-state index contributed by atoms with van der Waals surface area (Å²) in [7, 11) is 0. The fraction of sp³-hybridized carbons (Fsp3) is 0.273. The Balaban J connectivity index is 2.16. The number of hydrogen-bond acceptors (Lipinski definition) is 4. The summed E-state index contributed by atoms with van der Waals surface area (Å²) in [6.07, 6.45) is 0.0133. The zero-order chi connectivity index (χ0) is 11.5. The van der Waals surface area contributed by atoms with Gasteiger partial charge in [0.15, 0.2) is 0 Å². The average Bonchev–Trinajstić information content (AvgIpc) is 2.27. The number of ether oxygens (including phenoxy) is 1. The van der Waals surface area contributed by atoms with Crippen LogP contribution < -0.4 is 10.1 Å². The smallest absolute Gasteiger partial charge is 0.305 e. The van der Waals surface area contributed by atoms with Gasteiger partial charge >= 0.3 is 5.97 Å². The number of nitriles is 1. The van der Waals surface area contributed by atoms with Crippen molar-refractivity contribution in [3.63, 3.8) is 0 Å². The highest BCUT2D eigenvalue weighted by Gasteiger charge is 2.21. The van der Waals surface area contributed by atoms with Gasteiger partial charge in [-0.05, 0) is 12.1 Å². The Kier molecular flexibility index (Phi) is 2.64. The molecule has 1 heterocycles. The normalized spacial score (nSPS) is 17.6. The Morgan fingerprint density at radius 3 is 3.19 bits per heavy atom. The van der Waals surface area contributed by atoms with Gasteiger partial charge in [0.2, 0.25) is 0 Å². The van der Waals surface area contributed by atoms with Crippen molar-refractivity contribution in [3.05, 3.63) is 23.8 Å². The first-order valence-electron chi connectivity index (χ1n) is 4.84. The molecule has 0 saturated heterocycles. The molecule has 0 spiro atoms. The van der Waals surface area contributed by atoms with Crippen LogP contribution in [0.15, 0.2) is 18.2 Å². The molecule has 0 fully saturated rings. The van der Waals surface area contributed by atoms with Crippen LogP contribution >= 0.6 is 0 Å². The third-order valence-electron chi connectivity index (χ3n) is 2.33. The van der Waals surface area contributed by atoms with Crippen LogP contribution in [0.1, 0.15) is 12.0 Å². The number of anilines is 1.